The second-order valence-corrected chi connectivity index (χ2v) is 6.14. The van der Waals surface area contributed by atoms with Crippen molar-refractivity contribution in [3.63, 3.8) is 0 Å². The quantitative estimate of drug-likeness (QED) is 0.769. The number of amides is 1. The molecule has 1 amide bonds. The molecule has 26 heavy (non-hydrogen) atoms. The van der Waals surface area contributed by atoms with Crippen molar-refractivity contribution in [1.82, 2.24) is 4.73 Å². The van der Waals surface area contributed by atoms with Crippen molar-refractivity contribution in [3.05, 3.63) is 99.5 Å². The molecular formula is C21H20N2O3. The highest BCUT2D eigenvalue weighted by Crippen LogP contribution is 2.14. The van der Waals surface area contributed by atoms with Crippen molar-refractivity contribution in [2.45, 2.75) is 20.5 Å². The number of nitrogens with one attached hydrogen (secondary N) is 1. The van der Waals surface area contributed by atoms with Crippen LogP contribution in [0.5, 0.6) is 0 Å². The van der Waals surface area contributed by atoms with Crippen molar-refractivity contribution in [2.75, 3.05) is 5.32 Å². The highest BCUT2D eigenvalue weighted by Gasteiger charge is 2.13. The predicted octanol–water partition coefficient (Wildman–Crippen LogP) is 3.35. The Hall–Kier alpha value is -3.34. The molecule has 1 aromatic heterocycles. The summed E-state index contributed by atoms with van der Waals surface area (Å²) in [6, 6.07) is 18.4. The zero-order valence-electron chi connectivity index (χ0n) is 14.7. The molecule has 0 saturated carbocycles. The summed E-state index contributed by atoms with van der Waals surface area (Å²) in [5, 5.41) is 2.77. The largest absolute Gasteiger partial charge is 0.406 e. The number of carbonyl (C=O) groups is 1. The Kier molecular flexibility index (Phi) is 5.17. The number of aromatic nitrogens is 1. The van der Waals surface area contributed by atoms with Crippen LogP contribution >= 0.6 is 0 Å². The second-order valence-electron chi connectivity index (χ2n) is 6.14. The van der Waals surface area contributed by atoms with Gasteiger partial charge in [0.05, 0.1) is 0 Å². The lowest BCUT2D eigenvalue weighted by Crippen LogP contribution is -2.32. The van der Waals surface area contributed by atoms with Crippen LogP contribution in [0.15, 0.2) is 71.7 Å². The van der Waals surface area contributed by atoms with Crippen LogP contribution in [0.4, 0.5) is 5.69 Å². The molecule has 3 aromatic rings. The van der Waals surface area contributed by atoms with E-state index in [0.29, 0.717) is 5.69 Å². The Morgan fingerprint density at radius 2 is 1.69 bits per heavy atom. The molecule has 0 unspecified atom stereocenters. The van der Waals surface area contributed by atoms with Gasteiger partial charge < -0.3 is 10.2 Å². The first kappa shape index (κ1) is 17.5. The molecule has 0 fully saturated rings. The van der Waals surface area contributed by atoms with Crippen LogP contribution in [-0.4, -0.2) is 10.6 Å². The Bertz CT molecular complexity index is 958. The van der Waals surface area contributed by atoms with Gasteiger partial charge in [0.25, 0.3) is 11.5 Å². The average Bonchev–Trinajstić information content (AvgIpc) is 2.60. The van der Waals surface area contributed by atoms with Crippen LogP contribution in [0.1, 0.15) is 27.0 Å². The topological polar surface area (TPSA) is 60.3 Å². The van der Waals surface area contributed by atoms with E-state index < -0.39 is 11.5 Å². The summed E-state index contributed by atoms with van der Waals surface area (Å²) in [6.07, 6.45) is 1.50. The highest BCUT2D eigenvalue weighted by atomic mass is 16.7. The lowest BCUT2D eigenvalue weighted by Gasteiger charge is -2.11. The lowest BCUT2D eigenvalue weighted by atomic mass is 10.1. The molecule has 0 atom stereocenters. The van der Waals surface area contributed by atoms with Crippen molar-refractivity contribution in [3.8, 4) is 0 Å². The van der Waals surface area contributed by atoms with E-state index in [9.17, 15) is 9.59 Å². The van der Waals surface area contributed by atoms with Crippen LogP contribution in [0.25, 0.3) is 0 Å². The first-order chi connectivity index (χ1) is 12.5. The van der Waals surface area contributed by atoms with Gasteiger partial charge in [0.15, 0.2) is 0 Å². The van der Waals surface area contributed by atoms with Gasteiger partial charge in [-0.15, -0.1) is 0 Å². The molecule has 5 heteroatoms. The third-order valence-electron chi connectivity index (χ3n) is 3.85. The Morgan fingerprint density at radius 1 is 1.00 bits per heavy atom. The molecule has 0 radical (unpaired) electrons. The van der Waals surface area contributed by atoms with Crippen molar-refractivity contribution in [2.24, 2.45) is 0 Å². The SMILES string of the molecule is Cc1cc(C)cc(NC(=O)c2cccn(OCc3ccccc3)c2=O)c1. The summed E-state index contributed by atoms with van der Waals surface area (Å²) in [5.41, 5.74) is 3.20. The van der Waals surface area contributed by atoms with E-state index >= 15 is 0 Å². The van der Waals surface area contributed by atoms with E-state index in [2.05, 4.69) is 5.32 Å². The fraction of sp³-hybridized carbons (Fsp3) is 0.143. The minimum Gasteiger partial charge on any atom is -0.406 e. The molecule has 0 aliphatic carbocycles. The molecule has 0 saturated heterocycles. The molecular weight excluding hydrogens is 328 g/mol. The molecule has 1 heterocycles. The van der Waals surface area contributed by atoms with Gasteiger partial charge in [-0.2, -0.15) is 4.73 Å². The number of nitrogens with zero attached hydrogens (tertiary/aromatic N) is 1. The van der Waals surface area contributed by atoms with Gasteiger partial charge >= 0.3 is 0 Å². The summed E-state index contributed by atoms with van der Waals surface area (Å²) in [6.45, 7) is 4.15. The molecule has 0 spiro atoms. The first-order valence-electron chi connectivity index (χ1n) is 8.31. The van der Waals surface area contributed by atoms with E-state index in [1.807, 2.05) is 62.4 Å². The lowest BCUT2D eigenvalue weighted by molar-refractivity contribution is 0.0863. The number of hydrogen-bond acceptors (Lipinski definition) is 3. The first-order valence-corrected chi connectivity index (χ1v) is 8.31. The fourth-order valence-electron chi connectivity index (χ4n) is 2.71. The van der Waals surface area contributed by atoms with Crippen molar-refractivity contribution in [1.29, 1.82) is 0 Å². The third-order valence-corrected chi connectivity index (χ3v) is 3.85. The van der Waals surface area contributed by atoms with E-state index in [1.165, 1.54) is 12.3 Å². The number of benzene rings is 2. The van der Waals surface area contributed by atoms with Crippen molar-refractivity contribution >= 4 is 11.6 Å². The smallest absolute Gasteiger partial charge is 0.295 e. The van der Waals surface area contributed by atoms with Crippen LogP contribution < -0.4 is 15.7 Å². The van der Waals surface area contributed by atoms with E-state index in [1.54, 1.807) is 6.07 Å². The Balaban J connectivity index is 1.77. The standard InChI is InChI=1S/C21H20N2O3/c1-15-11-16(2)13-18(12-15)22-20(24)19-9-6-10-23(21(19)25)26-14-17-7-4-3-5-8-17/h3-13H,14H2,1-2H3,(H,22,24). The van der Waals surface area contributed by atoms with E-state index in [0.717, 1.165) is 21.4 Å². The second kappa shape index (κ2) is 7.70. The molecule has 0 aliphatic rings. The van der Waals surface area contributed by atoms with Crippen LogP contribution in [0.3, 0.4) is 0 Å². The average molecular weight is 348 g/mol. The maximum Gasteiger partial charge on any atom is 0.295 e. The zero-order chi connectivity index (χ0) is 18.5. The summed E-state index contributed by atoms with van der Waals surface area (Å²) >= 11 is 0. The number of aryl methyl sites for hydroxylation is 2. The molecule has 5 nitrogen and oxygen atoms in total. The minimum absolute atomic E-state index is 0.0275. The van der Waals surface area contributed by atoms with E-state index in [-0.39, 0.29) is 12.2 Å². The molecule has 3 rings (SSSR count). The maximum atomic E-state index is 12.5. The Morgan fingerprint density at radius 3 is 2.38 bits per heavy atom. The Labute approximate surface area is 151 Å². The molecule has 0 aliphatic heterocycles. The van der Waals surface area contributed by atoms with Gasteiger partial charge in [0, 0.05) is 11.9 Å². The fourth-order valence-corrected chi connectivity index (χ4v) is 2.71. The van der Waals surface area contributed by atoms with Crippen LogP contribution in [0, 0.1) is 13.8 Å². The minimum atomic E-state index is -0.495. The van der Waals surface area contributed by atoms with Gasteiger partial charge in [-0.3, -0.25) is 9.59 Å². The molecule has 0 bridgehead atoms. The normalized spacial score (nSPS) is 10.4. The number of anilines is 1. The van der Waals surface area contributed by atoms with Gasteiger partial charge in [-0.25, -0.2) is 0 Å². The monoisotopic (exact) mass is 348 g/mol. The highest BCUT2D eigenvalue weighted by molar-refractivity contribution is 6.04. The van der Waals surface area contributed by atoms with Gasteiger partial charge in [0.2, 0.25) is 0 Å². The molecule has 132 valence electrons. The maximum absolute atomic E-state index is 12.5. The van der Waals surface area contributed by atoms with Gasteiger partial charge in [0.1, 0.15) is 12.2 Å². The van der Waals surface area contributed by atoms with Crippen LogP contribution in [-0.2, 0) is 6.61 Å². The molecule has 2 aromatic carbocycles. The summed E-state index contributed by atoms with van der Waals surface area (Å²) in [5.74, 6) is -0.460. The number of rotatable bonds is 5. The van der Waals surface area contributed by atoms with Crippen molar-refractivity contribution < 1.29 is 9.63 Å². The number of hydrogen-bond donors (Lipinski definition) is 1. The van der Waals surface area contributed by atoms with Crippen LogP contribution in [0.2, 0.25) is 0 Å². The third kappa shape index (κ3) is 4.19. The predicted molar refractivity (Wildman–Crippen MR) is 101 cm³/mol. The van der Waals surface area contributed by atoms with Gasteiger partial charge in [-0.05, 0) is 54.8 Å². The van der Waals surface area contributed by atoms with Gasteiger partial charge in [-0.1, -0.05) is 36.4 Å². The number of pyridine rings is 1. The summed E-state index contributed by atoms with van der Waals surface area (Å²) < 4.78 is 1.09. The summed E-state index contributed by atoms with van der Waals surface area (Å²) in [4.78, 5) is 30.6. The number of carbonyl (C=O) groups excluding carboxylic acids is 1. The summed E-state index contributed by atoms with van der Waals surface area (Å²) in [7, 11) is 0. The molecule has 1 N–H and O–H groups in total. The zero-order valence-corrected chi connectivity index (χ0v) is 14.7. The van der Waals surface area contributed by atoms with E-state index in [4.69, 9.17) is 4.84 Å².